The number of carbonyl (C=O) groups excluding carboxylic acids is 1. The smallest absolute Gasteiger partial charge is 0.344 e. The fourth-order valence-corrected chi connectivity index (χ4v) is 4.19. The molecule has 0 aliphatic carbocycles. The van der Waals surface area contributed by atoms with E-state index in [2.05, 4.69) is 14.5 Å². The number of ether oxygens (including phenoxy) is 1. The predicted molar refractivity (Wildman–Crippen MR) is 116 cm³/mol. The fraction of sp³-hybridized carbons (Fsp3) is 0.182. The first-order valence-corrected chi connectivity index (χ1v) is 11.1. The Morgan fingerprint density at radius 1 is 1.09 bits per heavy atom. The van der Waals surface area contributed by atoms with E-state index in [1.165, 1.54) is 13.1 Å². The molecule has 9 nitrogen and oxygen atoms in total. The van der Waals surface area contributed by atoms with Crippen LogP contribution in [0.25, 0.3) is 11.5 Å². The lowest BCUT2D eigenvalue weighted by Gasteiger charge is -2.23. The number of hydrogen-bond acceptors (Lipinski definition) is 7. The number of benzene rings is 2. The van der Waals surface area contributed by atoms with Crippen LogP contribution in [-0.2, 0) is 32.9 Å². The fourth-order valence-electron chi connectivity index (χ4n) is 3.09. The first kappa shape index (κ1) is 21.4. The van der Waals surface area contributed by atoms with Crippen LogP contribution in [0.5, 0.6) is 0 Å². The van der Waals surface area contributed by atoms with E-state index in [-0.39, 0.29) is 30.3 Å². The zero-order valence-electron chi connectivity index (χ0n) is 17.4. The number of aromatic nitrogens is 2. The van der Waals surface area contributed by atoms with Gasteiger partial charge in [-0.05, 0) is 31.5 Å². The lowest BCUT2D eigenvalue weighted by atomic mass is 10.1. The molecular formula is C22H20N4O5S. The summed E-state index contributed by atoms with van der Waals surface area (Å²) in [5.41, 5.74) is 2.65. The van der Waals surface area contributed by atoms with E-state index in [1.54, 1.807) is 24.3 Å². The van der Waals surface area contributed by atoms with Gasteiger partial charge in [0.15, 0.2) is 6.61 Å². The van der Waals surface area contributed by atoms with Gasteiger partial charge in [-0.25, -0.2) is 4.79 Å². The molecule has 1 aliphatic heterocycles. The minimum Gasteiger partial charge on any atom is -0.454 e. The van der Waals surface area contributed by atoms with Crippen LogP contribution in [0, 0.1) is 6.92 Å². The van der Waals surface area contributed by atoms with Crippen molar-refractivity contribution in [2.75, 3.05) is 0 Å². The summed E-state index contributed by atoms with van der Waals surface area (Å²) in [6.07, 6.45) is 1.24. The molecule has 32 heavy (non-hydrogen) atoms. The molecule has 1 aromatic heterocycles. The van der Waals surface area contributed by atoms with Gasteiger partial charge in [-0.1, -0.05) is 53.2 Å². The normalized spacial score (nSPS) is 15.1. The average Bonchev–Trinajstić information content (AvgIpc) is 3.23. The summed E-state index contributed by atoms with van der Waals surface area (Å²) in [5, 5.41) is 3.83. The maximum absolute atomic E-state index is 12.6. The second kappa shape index (κ2) is 8.75. The van der Waals surface area contributed by atoms with Crippen molar-refractivity contribution in [3.8, 4) is 11.5 Å². The molecule has 0 amide bonds. The van der Waals surface area contributed by atoms with E-state index in [0.717, 1.165) is 21.0 Å². The minimum absolute atomic E-state index is 0.0400. The molecule has 0 N–H and O–H groups in total. The van der Waals surface area contributed by atoms with E-state index in [1.807, 2.05) is 37.3 Å². The average molecular weight is 452 g/mol. The predicted octanol–water partition coefficient (Wildman–Crippen LogP) is 3.19. The van der Waals surface area contributed by atoms with Crippen LogP contribution in [0.2, 0.25) is 0 Å². The molecule has 0 atom stereocenters. The number of aryl methyl sites for hydroxylation is 1. The Bertz CT molecular complexity index is 1310. The van der Waals surface area contributed by atoms with Gasteiger partial charge in [0.05, 0.1) is 17.8 Å². The maximum atomic E-state index is 12.6. The van der Waals surface area contributed by atoms with Crippen molar-refractivity contribution in [2.45, 2.75) is 27.0 Å². The van der Waals surface area contributed by atoms with Crippen molar-refractivity contribution in [1.82, 2.24) is 14.4 Å². The van der Waals surface area contributed by atoms with Crippen molar-refractivity contribution >= 4 is 21.9 Å². The Morgan fingerprint density at radius 3 is 2.62 bits per heavy atom. The second-order valence-corrected chi connectivity index (χ2v) is 8.74. The second-order valence-electron chi connectivity index (χ2n) is 7.19. The van der Waals surface area contributed by atoms with Gasteiger partial charge < -0.3 is 9.26 Å². The van der Waals surface area contributed by atoms with Crippen LogP contribution in [0.3, 0.4) is 0 Å². The van der Waals surface area contributed by atoms with Crippen molar-refractivity contribution < 1.29 is 22.5 Å². The number of carbonyl (C=O) groups is 1. The molecule has 0 fully saturated rings. The van der Waals surface area contributed by atoms with E-state index in [4.69, 9.17) is 9.26 Å². The van der Waals surface area contributed by atoms with E-state index >= 15 is 0 Å². The van der Waals surface area contributed by atoms with E-state index in [0.29, 0.717) is 5.89 Å². The minimum atomic E-state index is -3.94. The Balaban J connectivity index is 1.47. The quantitative estimate of drug-likeness (QED) is 0.528. The molecule has 1 aliphatic rings. The lowest BCUT2D eigenvalue weighted by molar-refractivity contribution is -0.140. The van der Waals surface area contributed by atoms with Crippen molar-refractivity contribution in [3.63, 3.8) is 0 Å². The highest BCUT2D eigenvalue weighted by Gasteiger charge is 2.29. The maximum Gasteiger partial charge on any atom is 0.344 e. The van der Waals surface area contributed by atoms with Gasteiger partial charge in [-0.2, -0.15) is 13.4 Å². The summed E-state index contributed by atoms with van der Waals surface area (Å²) in [4.78, 5) is 16.9. The van der Waals surface area contributed by atoms with Crippen LogP contribution in [0.15, 0.2) is 75.3 Å². The molecular weight excluding hydrogens is 432 g/mol. The summed E-state index contributed by atoms with van der Waals surface area (Å²) in [7, 11) is -3.94. The summed E-state index contributed by atoms with van der Waals surface area (Å²) < 4.78 is 40.1. The van der Waals surface area contributed by atoms with Crippen molar-refractivity contribution in [3.05, 3.63) is 83.3 Å². The Labute approximate surface area is 185 Å². The monoisotopic (exact) mass is 452 g/mol. The zero-order chi connectivity index (χ0) is 22.7. The van der Waals surface area contributed by atoms with Gasteiger partial charge in [-0.3, -0.25) is 4.31 Å². The van der Waals surface area contributed by atoms with Gasteiger partial charge in [0, 0.05) is 11.8 Å². The molecule has 0 saturated heterocycles. The Morgan fingerprint density at radius 2 is 1.88 bits per heavy atom. The van der Waals surface area contributed by atoms with Crippen LogP contribution >= 0.6 is 0 Å². The van der Waals surface area contributed by atoms with Crippen LogP contribution in [-0.4, -0.2) is 34.5 Å². The molecule has 2 heterocycles. The number of hydrogen-bond donors (Lipinski definition) is 0. The van der Waals surface area contributed by atoms with Crippen LogP contribution in [0.4, 0.5) is 0 Å². The summed E-state index contributed by atoms with van der Waals surface area (Å²) in [6, 6.07) is 16.6. The molecule has 0 saturated carbocycles. The first-order valence-electron chi connectivity index (χ1n) is 9.73. The van der Waals surface area contributed by atoms with Crippen molar-refractivity contribution in [1.29, 1.82) is 0 Å². The van der Waals surface area contributed by atoms with E-state index < -0.39 is 16.2 Å². The highest BCUT2D eigenvalue weighted by molar-refractivity contribution is 7.88. The third kappa shape index (κ3) is 4.75. The standard InChI is InChI=1S/C22H20N4O5S/c1-15-7-6-10-18(11-15)21-23-20(24-31-21)14-30-22(27)19-13-26(32(28,29)25-16(19)2)12-17-8-4-3-5-9-17/h3-11,13H,12,14H2,1-2H3. The summed E-state index contributed by atoms with van der Waals surface area (Å²) >= 11 is 0. The highest BCUT2D eigenvalue weighted by atomic mass is 32.2. The highest BCUT2D eigenvalue weighted by Crippen LogP contribution is 2.21. The van der Waals surface area contributed by atoms with Crippen LogP contribution in [0.1, 0.15) is 23.9 Å². The van der Waals surface area contributed by atoms with Gasteiger partial charge >= 0.3 is 16.2 Å². The van der Waals surface area contributed by atoms with Gasteiger partial charge in [0.2, 0.25) is 5.82 Å². The molecule has 3 aromatic rings. The third-order valence-corrected chi connectivity index (χ3v) is 6.01. The molecule has 10 heteroatoms. The van der Waals surface area contributed by atoms with Crippen molar-refractivity contribution in [2.24, 2.45) is 4.40 Å². The lowest BCUT2D eigenvalue weighted by Crippen LogP contribution is -2.31. The molecule has 0 bridgehead atoms. The third-order valence-electron chi connectivity index (χ3n) is 4.68. The summed E-state index contributed by atoms with van der Waals surface area (Å²) in [5.74, 6) is -0.231. The molecule has 4 rings (SSSR count). The van der Waals surface area contributed by atoms with Gasteiger partial charge in [-0.15, -0.1) is 4.40 Å². The number of rotatable bonds is 6. The Kier molecular flexibility index (Phi) is 5.87. The zero-order valence-corrected chi connectivity index (χ0v) is 18.2. The largest absolute Gasteiger partial charge is 0.454 e. The molecule has 0 unspecified atom stereocenters. The molecule has 0 spiro atoms. The number of esters is 1. The first-order chi connectivity index (χ1) is 15.3. The van der Waals surface area contributed by atoms with Gasteiger partial charge in [0.25, 0.3) is 5.89 Å². The SMILES string of the molecule is CC1=NS(=O)(=O)N(Cc2ccccc2)C=C1C(=O)OCc1noc(-c2cccc(C)c2)n1. The molecule has 0 radical (unpaired) electrons. The van der Waals surface area contributed by atoms with Crippen LogP contribution < -0.4 is 0 Å². The van der Waals surface area contributed by atoms with Gasteiger partial charge in [0.1, 0.15) is 0 Å². The number of nitrogens with zero attached hydrogens (tertiary/aromatic N) is 4. The topological polar surface area (TPSA) is 115 Å². The summed E-state index contributed by atoms with van der Waals surface area (Å²) in [6.45, 7) is 3.20. The molecule has 164 valence electrons. The molecule has 2 aromatic carbocycles. The Hall–Kier alpha value is -3.79. The van der Waals surface area contributed by atoms with E-state index in [9.17, 15) is 13.2 Å².